The molecule has 4 aromatic carbocycles. The summed E-state index contributed by atoms with van der Waals surface area (Å²) in [7, 11) is 0. The van der Waals surface area contributed by atoms with Gasteiger partial charge in [-0.25, -0.2) is 9.59 Å². The number of halogens is 6. The molecule has 0 aliphatic carbocycles. The van der Waals surface area contributed by atoms with Crippen molar-refractivity contribution < 1.29 is 45.4 Å². The van der Waals surface area contributed by atoms with Crippen molar-refractivity contribution in [3.63, 3.8) is 0 Å². The van der Waals surface area contributed by atoms with Crippen LogP contribution in [0.15, 0.2) is 121 Å². The van der Waals surface area contributed by atoms with Crippen molar-refractivity contribution in [3.8, 4) is 0 Å². The first-order valence-corrected chi connectivity index (χ1v) is 12.2. The zero-order valence-corrected chi connectivity index (χ0v) is 21.2. The molecule has 4 nitrogen and oxygen atoms in total. The molecule has 0 bridgehead atoms. The SMILES string of the molecule is O=C(OC(CC(OC(=O)C(F)(F)F)(c1ccccc1)c1ccccc1)(c1ccccc1)c1ccccc1)C(F)(F)F. The van der Waals surface area contributed by atoms with E-state index in [2.05, 4.69) is 0 Å². The highest BCUT2D eigenvalue weighted by atomic mass is 19.4. The average molecular weight is 573 g/mol. The van der Waals surface area contributed by atoms with E-state index in [1.807, 2.05) is 0 Å². The van der Waals surface area contributed by atoms with Crippen molar-refractivity contribution in [1.82, 2.24) is 0 Å². The first kappa shape index (κ1) is 29.4. The predicted molar refractivity (Wildman–Crippen MR) is 136 cm³/mol. The minimum absolute atomic E-state index is 0.00287. The number of benzene rings is 4. The molecule has 0 atom stereocenters. The van der Waals surface area contributed by atoms with Gasteiger partial charge < -0.3 is 9.47 Å². The number of carbonyl (C=O) groups is 2. The van der Waals surface area contributed by atoms with E-state index in [1.54, 1.807) is 24.3 Å². The molecule has 0 spiro atoms. The monoisotopic (exact) mass is 572 g/mol. The van der Waals surface area contributed by atoms with E-state index in [9.17, 15) is 35.9 Å². The Morgan fingerprint density at radius 3 is 0.854 bits per heavy atom. The number of alkyl halides is 6. The van der Waals surface area contributed by atoms with Gasteiger partial charge in [-0.2, -0.15) is 26.3 Å². The minimum atomic E-state index is -5.46. The maximum atomic E-state index is 13.7. The molecule has 10 heteroatoms. The number of carbonyl (C=O) groups excluding carboxylic acids is 2. The standard InChI is InChI=1S/C31H22F6O4/c32-30(33,34)26(38)40-28(22-13-5-1-6-14-22,23-15-7-2-8-16-23)21-29(24-17-9-3-10-18-24,25-19-11-4-12-20-25)41-27(39)31(35,36)37/h1-20H,21H2. The molecule has 0 aliphatic rings. The fourth-order valence-corrected chi connectivity index (χ4v) is 4.66. The first-order chi connectivity index (χ1) is 19.4. The molecular weight excluding hydrogens is 550 g/mol. The summed E-state index contributed by atoms with van der Waals surface area (Å²) in [5.41, 5.74) is -4.78. The van der Waals surface area contributed by atoms with Crippen molar-refractivity contribution >= 4 is 11.9 Å². The van der Waals surface area contributed by atoms with Crippen molar-refractivity contribution in [1.29, 1.82) is 0 Å². The third kappa shape index (κ3) is 6.26. The normalized spacial score (nSPS) is 12.4. The maximum Gasteiger partial charge on any atom is 0.490 e. The number of hydrogen-bond donors (Lipinski definition) is 0. The Labute approximate surface area is 231 Å². The second kappa shape index (κ2) is 11.5. The summed E-state index contributed by atoms with van der Waals surface area (Å²) in [6.45, 7) is 0. The highest BCUT2D eigenvalue weighted by Crippen LogP contribution is 2.50. The van der Waals surface area contributed by atoms with Crippen molar-refractivity contribution in [2.24, 2.45) is 0 Å². The highest BCUT2D eigenvalue weighted by molar-refractivity contribution is 5.78. The zero-order chi connectivity index (χ0) is 29.7. The van der Waals surface area contributed by atoms with Crippen LogP contribution >= 0.6 is 0 Å². The summed E-state index contributed by atoms with van der Waals surface area (Å²) >= 11 is 0. The maximum absolute atomic E-state index is 13.7. The molecule has 0 saturated carbocycles. The van der Waals surface area contributed by atoms with E-state index in [-0.39, 0.29) is 22.3 Å². The quantitative estimate of drug-likeness (QED) is 0.162. The Kier molecular flexibility index (Phi) is 8.23. The van der Waals surface area contributed by atoms with Gasteiger partial charge >= 0.3 is 24.3 Å². The Balaban J connectivity index is 2.11. The van der Waals surface area contributed by atoms with E-state index in [4.69, 9.17) is 9.47 Å². The van der Waals surface area contributed by atoms with Crippen LogP contribution in [0.4, 0.5) is 26.3 Å². The van der Waals surface area contributed by atoms with Crippen molar-refractivity contribution in [2.75, 3.05) is 0 Å². The van der Waals surface area contributed by atoms with E-state index in [0.29, 0.717) is 0 Å². The van der Waals surface area contributed by atoms with Gasteiger partial charge in [0.2, 0.25) is 0 Å². The van der Waals surface area contributed by atoms with Gasteiger partial charge in [-0.3, -0.25) is 0 Å². The fourth-order valence-electron chi connectivity index (χ4n) is 4.66. The molecule has 0 N–H and O–H groups in total. The van der Waals surface area contributed by atoms with Gasteiger partial charge in [0.05, 0.1) is 0 Å². The third-order valence-electron chi connectivity index (χ3n) is 6.46. The molecule has 0 radical (unpaired) electrons. The van der Waals surface area contributed by atoms with Crippen LogP contribution in [0.1, 0.15) is 28.7 Å². The summed E-state index contributed by atoms with van der Waals surface area (Å²) in [5.74, 6) is -5.16. The van der Waals surface area contributed by atoms with Crippen LogP contribution < -0.4 is 0 Å². The van der Waals surface area contributed by atoms with Crippen LogP contribution in [-0.2, 0) is 30.3 Å². The number of rotatable bonds is 8. The predicted octanol–water partition coefficient (Wildman–Crippen LogP) is 7.48. The van der Waals surface area contributed by atoms with Crippen LogP contribution in [0.2, 0.25) is 0 Å². The summed E-state index contributed by atoms with van der Waals surface area (Å²) in [6, 6.07) is 29.1. The van der Waals surface area contributed by atoms with Crippen LogP contribution in [0, 0.1) is 0 Å². The molecule has 0 fully saturated rings. The van der Waals surface area contributed by atoms with Crippen LogP contribution in [0.3, 0.4) is 0 Å². The lowest BCUT2D eigenvalue weighted by Gasteiger charge is -2.43. The van der Waals surface area contributed by atoms with E-state index < -0.39 is 41.9 Å². The lowest BCUT2D eigenvalue weighted by Crippen LogP contribution is -2.48. The molecule has 4 aromatic rings. The van der Waals surface area contributed by atoms with Gasteiger partial charge in [0.25, 0.3) is 0 Å². The smallest absolute Gasteiger partial charge is 0.442 e. The topological polar surface area (TPSA) is 52.6 Å². The zero-order valence-electron chi connectivity index (χ0n) is 21.2. The van der Waals surface area contributed by atoms with Gasteiger partial charge in [-0.1, -0.05) is 121 Å². The average Bonchev–Trinajstić information content (AvgIpc) is 2.97. The molecular formula is C31H22F6O4. The Hall–Kier alpha value is -4.60. The number of ether oxygens (including phenoxy) is 2. The molecule has 0 aliphatic heterocycles. The highest BCUT2D eigenvalue weighted by Gasteiger charge is 2.56. The van der Waals surface area contributed by atoms with Gasteiger partial charge in [-0.15, -0.1) is 0 Å². The van der Waals surface area contributed by atoms with E-state index >= 15 is 0 Å². The van der Waals surface area contributed by atoms with Gasteiger partial charge in [0.15, 0.2) is 11.2 Å². The lowest BCUT2D eigenvalue weighted by atomic mass is 9.72. The van der Waals surface area contributed by atoms with Gasteiger partial charge in [0.1, 0.15) is 0 Å². The third-order valence-corrected chi connectivity index (χ3v) is 6.46. The Morgan fingerprint density at radius 1 is 0.439 bits per heavy atom. The second-order valence-corrected chi connectivity index (χ2v) is 9.07. The molecule has 212 valence electrons. The fraction of sp³-hybridized carbons (Fsp3) is 0.161. The van der Waals surface area contributed by atoms with Crippen molar-refractivity contribution in [2.45, 2.75) is 30.0 Å². The first-order valence-electron chi connectivity index (χ1n) is 12.2. The molecule has 0 amide bonds. The number of esters is 2. The summed E-state index contributed by atoms with van der Waals surface area (Å²) in [4.78, 5) is 25.1. The summed E-state index contributed by atoms with van der Waals surface area (Å²) in [6.07, 6.45) is -11.8. The number of hydrogen-bond acceptors (Lipinski definition) is 4. The van der Waals surface area contributed by atoms with Crippen molar-refractivity contribution in [3.05, 3.63) is 144 Å². The Bertz CT molecular complexity index is 1260. The molecule has 4 rings (SSSR count). The summed E-state index contributed by atoms with van der Waals surface area (Å²) < 4.78 is 93.1. The largest absolute Gasteiger partial charge is 0.490 e. The molecule has 0 saturated heterocycles. The second-order valence-electron chi connectivity index (χ2n) is 9.07. The van der Waals surface area contributed by atoms with E-state index in [1.165, 1.54) is 97.1 Å². The molecule has 41 heavy (non-hydrogen) atoms. The molecule has 0 aromatic heterocycles. The van der Waals surface area contributed by atoms with Crippen LogP contribution in [0.5, 0.6) is 0 Å². The molecule has 0 heterocycles. The van der Waals surface area contributed by atoms with Gasteiger partial charge in [0, 0.05) is 28.7 Å². The molecule has 0 unspecified atom stereocenters. The lowest BCUT2D eigenvalue weighted by molar-refractivity contribution is -0.224. The van der Waals surface area contributed by atoms with Crippen LogP contribution in [-0.4, -0.2) is 24.3 Å². The van der Waals surface area contributed by atoms with Crippen LogP contribution in [0.25, 0.3) is 0 Å². The Morgan fingerprint density at radius 2 is 0.659 bits per heavy atom. The minimum Gasteiger partial charge on any atom is -0.442 e. The summed E-state index contributed by atoms with van der Waals surface area (Å²) in [5, 5.41) is 0. The van der Waals surface area contributed by atoms with Gasteiger partial charge in [-0.05, 0) is 0 Å². The van der Waals surface area contributed by atoms with E-state index in [0.717, 1.165) is 0 Å².